The minimum absolute atomic E-state index is 0.0174. The number of aryl methyl sites for hydroxylation is 2. The van der Waals surface area contributed by atoms with E-state index in [0.29, 0.717) is 13.0 Å². The molecule has 216 valence electrons. The second kappa shape index (κ2) is 15.7. The molecule has 1 aliphatic heterocycles. The number of sulfonamides is 1. The summed E-state index contributed by atoms with van der Waals surface area (Å²) >= 11 is 1.53. The lowest BCUT2D eigenvalue weighted by atomic mass is 9.91. The summed E-state index contributed by atoms with van der Waals surface area (Å²) in [5, 5.41) is 18.4. The van der Waals surface area contributed by atoms with Crippen molar-refractivity contribution in [3.05, 3.63) is 65.2 Å². The fourth-order valence-corrected chi connectivity index (χ4v) is 5.85. The van der Waals surface area contributed by atoms with Crippen molar-refractivity contribution in [3.63, 3.8) is 0 Å². The van der Waals surface area contributed by atoms with Crippen LogP contribution in [0.25, 0.3) is 0 Å². The Morgan fingerprint density at radius 1 is 0.923 bits per heavy atom. The van der Waals surface area contributed by atoms with Crippen LogP contribution < -0.4 is 14.3 Å². The SMILES string of the molecule is CSNCC(CCCc1ccc(N2C(=O)CC2c2ccc(CCCC(CO)CO)cc2)cc1)CNS(C)(=O)=O. The predicted octanol–water partition coefficient (Wildman–Crippen LogP) is 3.44. The second-order valence-corrected chi connectivity index (χ2v) is 13.0. The first-order valence-electron chi connectivity index (χ1n) is 13.7. The van der Waals surface area contributed by atoms with Gasteiger partial charge in [0.15, 0.2) is 0 Å². The van der Waals surface area contributed by atoms with Crippen LogP contribution in [0.4, 0.5) is 5.69 Å². The molecule has 10 heteroatoms. The van der Waals surface area contributed by atoms with E-state index in [-0.39, 0.29) is 37.0 Å². The highest BCUT2D eigenvalue weighted by atomic mass is 32.2. The van der Waals surface area contributed by atoms with Gasteiger partial charge in [-0.15, -0.1) is 0 Å². The van der Waals surface area contributed by atoms with Gasteiger partial charge in [-0.3, -0.25) is 9.52 Å². The predicted molar refractivity (Wildman–Crippen MR) is 159 cm³/mol. The molecule has 2 atom stereocenters. The summed E-state index contributed by atoms with van der Waals surface area (Å²) in [5.41, 5.74) is 4.44. The minimum Gasteiger partial charge on any atom is -0.396 e. The number of nitrogens with zero attached hydrogens (tertiary/aromatic N) is 1. The Kier molecular flexibility index (Phi) is 12.7. The van der Waals surface area contributed by atoms with Crippen molar-refractivity contribution in [1.29, 1.82) is 0 Å². The number of amides is 1. The van der Waals surface area contributed by atoms with Crippen LogP contribution in [-0.4, -0.2) is 63.4 Å². The highest BCUT2D eigenvalue weighted by Crippen LogP contribution is 2.39. The maximum absolute atomic E-state index is 12.5. The van der Waals surface area contributed by atoms with Gasteiger partial charge in [0.25, 0.3) is 0 Å². The number of β-lactam (4-membered cyclic amide) rings is 1. The van der Waals surface area contributed by atoms with E-state index >= 15 is 0 Å². The quantitative estimate of drug-likeness (QED) is 0.158. The highest BCUT2D eigenvalue weighted by Gasteiger charge is 2.38. The Hall–Kier alpha value is -1.95. The zero-order chi connectivity index (χ0) is 28.3. The molecule has 2 aromatic rings. The van der Waals surface area contributed by atoms with Gasteiger partial charge < -0.3 is 15.1 Å². The lowest BCUT2D eigenvalue weighted by Gasteiger charge is -2.41. The van der Waals surface area contributed by atoms with Crippen LogP contribution in [0.15, 0.2) is 48.5 Å². The van der Waals surface area contributed by atoms with E-state index in [9.17, 15) is 23.4 Å². The Morgan fingerprint density at radius 2 is 1.49 bits per heavy atom. The van der Waals surface area contributed by atoms with Crippen molar-refractivity contribution in [1.82, 2.24) is 9.44 Å². The van der Waals surface area contributed by atoms with Crippen molar-refractivity contribution in [2.45, 2.75) is 51.0 Å². The van der Waals surface area contributed by atoms with Gasteiger partial charge in [0.05, 0.1) is 18.7 Å². The third kappa shape index (κ3) is 10.2. The summed E-state index contributed by atoms with van der Waals surface area (Å²) in [4.78, 5) is 14.4. The molecule has 1 fully saturated rings. The van der Waals surface area contributed by atoms with Crippen molar-refractivity contribution >= 4 is 33.6 Å². The third-order valence-electron chi connectivity index (χ3n) is 7.35. The Morgan fingerprint density at radius 3 is 2.00 bits per heavy atom. The summed E-state index contributed by atoms with van der Waals surface area (Å²) in [5.74, 6) is 0.294. The van der Waals surface area contributed by atoms with Gasteiger partial charge in [-0.05, 0) is 79.5 Å². The summed E-state index contributed by atoms with van der Waals surface area (Å²) < 4.78 is 28.8. The zero-order valence-electron chi connectivity index (χ0n) is 23.0. The van der Waals surface area contributed by atoms with E-state index in [0.717, 1.165) is 56.3 Å². The smallest absolute Gasteiger partial charge is 0.230 e. The first kappa shape index (κ1) is 31.6. The normalized spacial score (nSPS) is 16.5. The van der Waals surface area contributed by atoms with Gasteiger partial charge in [-0.1, -0.05) is 48.3 Å². The molecule has 2 unspecified atom stereocenters. The minimum atomic E-state index is -3.20. The summed E-state index contributed by atoms with van der Waals surface area (Å²) in [7, 11) is -3.20. The van der Waals surface area contributed by atoms with Crippen LogP contribution in [0.3, 0.4) is 0 Å². The van der Waals surface area contributed by atoms with Gasteiger partial charge in [0.1, 0.15) is 0 Å². The zero-order valence-corrected chi connectivity index (χ0v) is 24.6. The van der Waals surface area contributed by atoms with Crippen molar-refractivity contribution in [2.75, 3.05) is 43.7 Å². The van der Waals surface area contributed by atoms with E-state index < -0.39 is 10.0 Å². The van der Waals surface area contributed by atoms with Crippen molar-refractivity contribution in [3.8, 4) is 0 Å². The van der Waals surface area contributed by atoms with Crippen LogP contribution in [0, 0.1) is 11.8 Å². The Labute approximate surface area is 237 Å². The molecule has 0 bridgehead atoms. The highest BCUT2D eigenvalue weighted by molar-refractivity contribution is 7.96. The molecule has 4 N–H and O–H groups in total. The first-order valence-corrected chi connectivity index (χ1v) is 16.8. The third-order valence-corrected chi connectivity index (χ3v) is 8.50. The molecule has 3 rings (SSSR count). The number of aliphatic hydroxyl groups is 2. The molecule has 0 aromatic heterocycles. The van der Waals surface area contributed by atoms with Crippen LogP contribution in [-0.2, 0) is 27.7 Å². The molecule has 1 saturated heterocycles. The van der Waals surface area contributed by atoms with Crippen LogP contribution >= 0.6 is 11.9 Å². The molecule has 0 radical (unpaired) electrons. The Balaban J connectivity index is 1.51. The summed E-state index contributed by atoms with van der Waals surface area (Å²) in [6, 6.07) is 16.7. The number of carbonyl (C=O) groups excluding carboxylic acids is 1. The lowest BCUT2D eigenvalue weighted by Crippen LogP contribution is -2.46. The first-order chi connectivity index (χ1) is 18.7. The average molecular weight is 578 g/mol. The lowest BCUT2D eigenvalue weighted by molar-refractivity contribution is -0.124. The topological polar surface area (TPSA) is 119 Å². The summed E-state index contributed by atoms with van der Waals surface area (Å²) in [6.07, 6.45) is 9.01. The number of rotatable bonds is 18. The monoisotopic (exact) mass is 577 g/mol. The molecule has 39 heavy (non-hydrogen) atoms. The number of benzene rings is 2. The van der Waals surface area contributed by atoms with Gasteiger partial charge in [0.2, 0.25) is 15.9 Å². The molecule has 8 nitrogen and oxygen atoms in total. The average Bonchev–Trinajstić information content (AvgIpc) is 2.92. The number of hydrogen-bond donors (Lipinski definition) is 4. The maximum atomic E-state index is 12.5. The standard InChI is InChI=1S/C29H43N3O5S2/c1-38-30-18-24(19-31-39(2,36)37)7-3-5-23-11-15-27(16-12-23)32-28(17-29(32)35)26-13-9-22(10-14-26)6-4-8-25(20-33)21-34/h9-16,24-25,28,30-31,33-34H,3-8,17-21H2,1-2H3. The number of aliphatic hydroxyl groups excluding tert-OH is 2. The van der Waals surface area contributed by atoms with E-state index in [1.54, 1.807) is 0 Å². The fourth-order valence-electron chi connectivity index (χ4n) is 4.91. The van der Waals surface area contributed by atoms with Crippen LogP contribution in [0.1, 0.15) is 54.8 Å². The Bertz CT molecular complexity index is 1120. The van der Waals surface area contributed by atoms with Gasteiger partial charge in [-0.25, -0.2) is 13.1 Å². The molecule has 0 aliphatic carbocycles. The van der Waals surface area contributed by atoms with Crippen LogP contribution in [0.5, 0.6) is 0 Å². The number of nitrogens with one attached hydrogen (secondary N) is 2. The molecule has 1 heterocycles. The molecule has 1 aliphatic rings. The summed E-state index contributed by atoms with van der Waals surface area (Å²) in [6.45, 7) is 1.21. The molecule has 0 saturated carbocycles. The van der Waals surface area contributed by atoms with E-state index in [2.05, 4.69) is 45.8 Å². The number of carbonyl (C=O) groups is 1. The van der Waals surface area contributed by atoms with E-state index in [4.69, 9.17) is 0 Å². The number of anilines is 1. The van der Waals surface area contributed by atoms with E-state index in [1.165, 1.54) is 29.3 Å². The maximum Gasteiger partial charge on any atom is 0.230 e. The molecular formula is C29H43N3O5S2. The molecule has 2 aromatic carbocycles. The number of hydrogen-bond acceptors (Lipinski definition) is 7. The van der Waals surface area contributed by atoms with Gasteiger partial charge in [-0.2, -0.15) is 0 Å². The molecule has 1 amide bonds. The van der Waals surface area contributed by atoms with E-state index in [1.807, 2.05) is 23.3 Å². The van der Waals surface area contributed by atoms with Gasteiger partial charge >= 0.3 is 0 Å². The molecular weight excluding hydrogens is 534 g/mol. The van der Waals surface area contributed by atoms with Crippen LogP contribution in [0.2, 0.25) is 0 Å². The fraction of sp³-hybridized carbons (Fsp3) is 0.552. The van der Waals surface area contributed by atoms with Gasteiger partial charge in [0, 0.05) is 37.9 Å². The van der Waals surface area contributed by atoms with Crippen molar-refractivity contribution in [2.24, 2.45) is 11.8 Å². The van der Waals surface area contributed by atoms with Crippen molar-refractivity contribution < 1.29 is 23.4 Å². The largest absolute Gasteiger partial charge is 0.396 e. The molecule has 0 spiro atoms. The second-order valence-electron chi connectivity index (χ2n) is 10.4.